The molecule has 5 nitrogen and oxygen atoms in total. The average molecular weight is 220 g/mol. The minimum atomic E-state index is -0.614. The van der Waals surface area contributed by atoms with Crippen molar-refractivity contribution in [3.63, 3.8) is 0 Å². The van der Waals surface area contributed by atoms with E-state index >= 15 is 0 Å². The van der Waals surface area contributed by atoms with Crippen LogP contribution in [-0.4, -0.2) is 25.8 Å². The van der Waals surface area contributed by atoms with E-state index in [0.717, 1.165) is 6.20 Å². The van der Waals surface area contributed by atoms with Gasteiger partial charge in [0.1, 0.15) is 0 Å². The molecular weight excluding hydrogens is 211 g/mol. The van der Waals surface area contributed by atoms with Gasteiger partial charge in [-0.25, -0.2) is 4.39 Å². The molecule has 0 fully saturated rings. The minimum absolute atomic E-state index is 0.0284. The maximum absolute atomic E-state index is 13.2. The molecule has 6 heteroatoms. The summed E-state index contributed by atoms with van der Waals surface area (Å²) in [6, 6.07) is 1.36. The third kappa shape index (κ3) is 2.10. The van der Waals surface area contributed by atoms with Crippen LogP contribution in [0.4, 0.5) is 4.39 Å². The zero-order valence-electron chi connectivity index (χ0n) is 8.59. The van der Waals surface area contributed by atoms with Crippen LogP contribution in [0.1, 0.15) is 16.1 Å². The Bertz CT molecular complexity index is 523. The predicted molar refractivity (Wildman–Crippen MR) is 53.2 cm³/mol. The van der Waals surface area contributed by atoms with Crippen molar-refractivity contribution >= 4 is 5.78 Å². The van der Waals surface area contributed by atoms with E-state index in [1.807, 2.05) is 0 Å². The molecule has 16 heavy (non-hydrogen) atoms. The number of pyridine rings is 1. The number of carbonyl (C=O) groups excluding carboxylic acids is 1. The Kier molecular flexibility index (Phi) is 2.72. The smallest absolute Gasteiger partial charge is 0.172 e. The third-order valence-electron chi connectivity index (χ3n) is 2.06. The van der Waals surface area contributed by atoms with E-state index in [1.165, 1.54) is 16.9 Å². The molecule has 0 N–H and O–H groups in total. The van der Waals surface area contributed by atoms with Crippen LogP contribution in [0.25, 0.3) is 0 Å². The molecule has 0 saturated heterocycles. The first-order valence-corrected chi connectivity index (χ1v) is 4.64. The van der Waals surface area contributed by atoms with Gasteiger partial charge in [-0.2, -0.15) is 0 Å². The summed E-state index contributed by atoms with van der Waals surface area (Å²) in [7, 11) is 1.70. The van der Waals surface area contributed by atoms with Gasteiger partial charge in [0.05, 0.1) is 23.9 Å². The minimum Gasteiger partial charge on any atom is -0.294 e. The number of carbonyl (C=O) groups is 1. The van der Waals surface area contributed by atoms with Gasteiger partial charge in [0.25, 0.3) is 0 Å². The number of halogens is 1. The van der Waals surface area contributed by atoms with Crippen molar-refractivity contribution in [2.45, 2.75) is 6.42 Å². The second-order valence-corrected chi connectivity index (χ2v) is 3.34. The van der Waals surface area contributed by atoms with Gasteiger partial charge in [-0.15, -0.1) is 5.10 Å². The largest absolute Gasteiger partial charge is 0.294 e. The number of hydrogen-bond donors (Lipinski definition) is 0. The van der Waals surface area contributed by atoms with Crippen molar-refractivity contribution in [3.05, 3.63) is 41.7 Å². The Morgan fingerprint density at radius 2 is 2.38 bits per heavy atom. The SMILES string of the molecule is Cn1cc(CC(=O)c2ccncc2F)nn1. The van der Waals surface area contributed by atoms with Gasteiger partial charge < -0.3 is 0 Å². The van der Waals surface area contributed by atoms with Crippen LogP contribution in [-0.2, 0) is 13.5 Å². The summed E-state index contributed by atoms with van der Waals surface area (Å²) in [5.41, 5.74) is 0.546. The first-order valence-electron chi connectivity index (χ1n) is 4.64. The van der Waals surface area contributed by atoms with Gasteiger partial charge in [-0.05, 0) is 6.07 Å². The van der Waals surface area contributed by atoms with Crippen molar-refractivity contribution in [1.82, 2.24) is 20.0 Å². The number of rotatable bonds is 3. The molecule has 0 aliphatic rings. The van der Waals surface area contributed by atoms with Gasteiger partial charge in [0, 0.05) is 19.4 Å². The monoisotopic (exact) mass is 220 g/mol. The Balaban J connectivity index is 2.18. The van der Waals surface area contributed by atoms with Gasteiger partial charge >= 0.3 is 0 Å². The summed E-state index contributed by atoms with van der Waals surface area (Å²) in [6.45, 7) is 0. The summed E-state index contributed by atoms with van der Waals surface area (Å²) in [6.07, 6.45) is 4.06. The third-order valence-corrected chi connectivity index (χ3v) is 2.06. The van der Waals surface area contributed by atoms with E-state index < -0.39 is 5.82 Å². The molecular formula is C10H9FN4O. The van der Waals surface area contributed by atoms with Crippen LogP contribution >= 0.6 is 0 Å². The topological polar surface area (TPSA) is 60.7 Å². The highest BCUT2D eigenvalue weighted by Gasteiger charge is 2.13. The Hall–Kier alpha value is -2.11. The molecule has 0 saturated carbocycles. The van der Waals surface area contributed by atoms with Gasteiger partial charge in [0.15, 0.2) is 11.6 Å². The van der Waals surface area contributed by atoms with Gasteiger partial charge in [0.2, 0.25) is 0 Å². The number of Topliss-reactive ketones (excluding diaryl/α,β-unsaturated/α-hetero) is 1. The first kappa shape index (κ1) is 10.4. The molecule has 0 aliphatic heterocycles. The standard InChI is InChI=1S/C10H9FN4O/c1-15-6-7(13-14-15)4-10(16)8-2-3-12-5-9(8)11/h2-3,5-6H,4H2,1H3. The zero-order valence-corrected chi connectivity index (χ0v) is 8.59. The molecule has 2 aromatic rings. The number of hydrogen-bond acceptors (Lipinski definition) is 4. The van der Waals surface area contributed by atoms with Crippen LogP contribution < -0.4 is 0 Å². The number of aryl methyl sites for hydroxylation is 1. The lowest BCUT2D eigenvalue weighted by Gasteiger charge is -1.98. The summed E-state index contributed by atoms with van der Waals surface area (Å²) in [5, 5.41) is 7.46. The quantitative estimate of drug-likeness (QED) is 0.717. The Morgan fingerprint density at radius 1 is 1.56 bits per heavy atom. The first-order chi connectivity index (χ1) is 7.66. The average Bonchev–Trinajstić information content (AvgIpc) is 2.64. The molecule has 2 aromatic heterocycles. The molecule has 2 heterocycles. The highest BCUT2D eigenvalue weighted by atomic mass is 19.1. The molecule has 0 atom stereocenters. The van der Waals surface area contributed by atoms with Crippen LogP contribution in [0.3, 0.4) is 0 Å². The Morgan fingerprint density at radius 3 is 3.00 bits per heavy atom. The number of nitrogens with zero attached hydrogens (tertiary/aromatic N) is 4. The molecule has 0 bridgehead atoms. The van der Waals surface area contributed by atoms with Crippen molar-refractivity contribution < 1.29 is 9.18 Å². The van der Waals surface area contributed by atoms with Crippen LogP contribution in [0.15, 0.2) is 24.7 Å². The van der Waals surface area contributed by atoms with E-state index in [4.69, 9.17) is 0 Å². The molecule has 0 unspecified atom stereocenters. The second-order valence-electron chi connectivity index (χ2n) is 3.34. The molecule has 0 spiro atoms. The summed E-state index contributed by atoms with van der Waals surface area (Å²) in [5.74, 6) is -0.947. The summed E-state index contributed by atoms with van der Waals surface area (Å²) in [4.78, 5) is 15.3. The fourth-order valence-corrected chi connectivity index (χ4v) is 1.34. The van der Waals surface area contributed by atoms with Crippen molar-refractivity contribution in [2.75, 3.05) is 0 Å². The maximum atomic E-state index is 13.2. The second kappa shape index (κ2) is 4.18. The molecule has 82 valence electrons. The molecule has 2 rings (SSSR count). The molecule has 0 radical (unpaired) electrons. The predicted octanol–water partition coefficient (Wildman–Crippen LogP) is 0.775. The van der Waals surface area contributed by atoms with Crippen molar-refractivity contribution in [2.24, 2.45) is 7.05 Å². The zero-order chi connectivity index (χ0) is 11.5. The maximum Gasteiger partial charge on any atom is 0.172 e. The van der Waals surface area contributed by atoms with E-state index in [1.54, 1.807) is 13.2 Å². The fraction of sp³-hybridized carbons (Fsp3) is 0.200. The van der Waals surface area contributed by atoms with E-state index in [2.05, 4.69) is 15.3 Å². The Labute approximate surface area is 90.9 Å². The number of ketones is 1. The van der Waals surface area contributed by atoms with E-state index in [-0.39, 0.29) is 17.8 Å². The lowest BCUT2D eigenvalue weighted by Crippen LogP contribution is -2.06. The van der Waals surface area contributed by atoms with Crippen molar-refractivity contribution in [1.29, 1.82) is 0 Å². The fourth-order valence-electron chi connectivity index (χ4n) is 1.34. The lowest BCUT2D eigenvalue weighted by molar-refractivity contribution is 0.0988. The van der Waals surface area contributed by atoms with Crippen LogP contribution in [0, 0.1) is 5.82 Å². The normalized spacial score (nSPS) is 10.4. The van der Waals surface area contributed by atoms with Crippen LogP contribution in [0.5, 0.6) is 0 Å². The summed E-state index contributed by atoms with van der Waals surface area (Å²) >= 11 is 0. The number of aromatic nitrogens is 4. The molecule has 0 aliphatic carbocycles. The lowest BCUT2D eigenvalue weighted by atomic mass is 10.1. The van der Waals surface area contributed by atoms with Crippen LogP contribution in [0.2, 0.25) is 0 Å². The van der Waals surface area contributed by atoms with E-state index in [9.17, 15) is 9.18 Å². The highest BCUT2D eigenvalue weighted by Crippen LogP contribution is 2.08. The highest BCUT2D eigenvalue weighted by molar-refractivity contribution is 5.97. The van der Waals surface area contributed by atoms with E-state index in [0.29, 0.717) is 5.69 Å². The van der Waals surface area contributed by atoms with Crippen molar-refractivity contribution in [3.8, 4) is 0 Å². The summed E-state index contributed by atoms with van der Waals surface area (Å²) < 4.78 is 14.7. The van der Waals surface area contributed by atoms with Gasteiger partial charge in [-0.1, -0.05) is 5.21 Å². The molecule has 0 amide bonds. The molecule has 0 aromatic carbocycles. The van der Waals surface area contributed by atoms with Gasteiger partial charge in [-0.3, -0.25) is 14.5 Å².